The van der Waals surface area contributed by atoms with Crippen molar-refractivity contribution in [3.05, 3.63) is 29.8 Å². The van der Waals surface area contributed by atoms with Crippen LogP contribution in [0, 0.1) is 11.6 Å². The van der Waals surface area contributed by atoms with Crippen molar-refractivity contribution in [2.45, 2.75) is 18.9 Å². The van der Waals surface area contributed by atoms with Crippen LogP contribution in [0.4, 0.5) is 14.5 Å². The lowest BCUT2D eigenvalue weighted by Crippen LogP contribution is -2.25. The number of halogens is 2. The second-order valence-electron chi connectivity index (χ2n) is 4.11. The molecule has 1 saturated heterocycles. The van der Waals surface area contributed by atoms with Crippen molar-refractivity contribution in [3.8, 4) is 0 Å². The van der Waals surface area contributed by atoms with E-state index in [1.165, 1.54) is 0 Å². The fourth-order valence-corrected chi connectivity index (χ4v) is 1.76. The smallest absolute Gasteiger partial charge is 0.193 e. The molecule has 0 unspecified atom stereocenters. The molecule has 0 radical (unpaired) electrons. The number of rotatable bonds is 3. The van der Waals surface area contributed by atoms with Crippen molar-refractivity contribution in [3.63, 3.8) is 0 Å². The van der Waals surface area contributed by atoms with Gasteiger partial charge in [-0.3, -0.25) is 4.99 Å². The van der Waals surface area contributed by atoms with Gasteiger partial charge in [-0.2, -0.15) is 0 Å². The molecule has 1 aromatic carbocycles. The Morgan fingerprint density at radius 1 is 1.50 bits per heavy atom. The average molecular weight is 255 g/mol. The minimum atomic E-state index is -0.577. The molecule has 2 rings (SSSR count). The zero-order valence-electron chi connectivity index (χ0n) is 9.83. The van der Waals surface area contributed by atoms with Gasteiger partial charge in [-0.05, 0) is 25.0 Å². The van der Waals surface area contributed by atoms with Gasteiger partial charge >= 0.3 is 0 Å². The Kier molecular flexibility index (Phi) is 4.09. The number of nitrogens with zero attached hydrogens (tertiary/aromatic N) is 1. The molecular weight excluding hydrogens is 240 g/mol. The van der Waals surface area contributed by atoms with Gasteiger partial charge in [-0.25, -0.2) is 8.78 Å². The summed E-state index contributed by atoms with van der Waals surface area (Å²) in [7, 11) is 0. The Morgan fingerprint density at radius 3 is 3.06 bits per heavy atom. The van der Waals surface area contributed by atoms with Gasteiger partial charge in [-0.15, -0.1) is 0 Å². The van der Waals surface area contributed by atoms with Crippen molar-refractivity contribution >= 4 is 11.6 Å². The third kappa shape index (κ3) is 3.40. The quantitative estimate of drug-likeness (QED) is 0.640. The average Bonchev–Trinajstić information content (AvgIpc) is 2.84. The Balaban J connectivity index is 1.94. The highest BCUT2D eigenvalue weighted by Crippen LogP contribution is 2.15. The zero-order chi connectivity index (χ0) is 13.0. The minimum absolute atomic E-state index is 0.0245. The molecule has 0 bridgehead atoms. The SMILES string of the molecule is NC(=NC[C@H]1CCCO1)Nc1cc(F)ccc1F. The Hall–Kier alpha value is -1.69. The van der Waals surface area contributed by atoms with E-state index >= 15 is 0 Å². The van der Waals surface area contributed by atoms with Gasteiger partial charge in [0.2, 0.25) is 0 Å². The Labute approximate surface area is 104 Å². The van der Waals surface area contributed by atoms with Crippen molar-refractivity contribution < 1.29 is 13.5 Å². The number of anilines is 1. The number of benzene rings is 1. The number of nitrogens with one attached hydrogen (secondary N) is 1. The molecule has 0 aromatic heterocycles. The summed E-state index contributed by atoms with van der Waals surface area (Å²) in [6.45, 7) is 1.17. The van der Waals surface area contributed by atoms with E-state index < -0.39 is 11.6 Å². The van der Waals surface area contributed by atoms with Crippen LogP contribution in [0.3, 0.4) is 0 Å². The Bertz CT molecular complexity index is 445. The molecule has 1 aliphatic heterocycles. The van der Waals surface area contributed by atoms with Crippen LogP contribution < -0.4 is 11.1 Å². The summed E-state index contributed by atoms with van der Waals surface area (Å²) in [6.07, 6.45) is 2.04. The second-order valence-corrected chi connectivity index (χ2v) is 4.11. The summed E-state index contributed by atoms with van der Waals surface area (Å²) in [6, 6.07) is 3.11. The van der Waals surface area contributed by atoms with E-state index in [1.54, 1.807) is 0 Å². The van der Waals surface area contributed by atoms with Gasteiger partial charge in [0, 0.05) is 12.7 Å². The van der Waals surface area contributed by atoms with Gasteiger partial charge in [0.1, 0.15) is 11.6 Å². The monoisotopic (exact) mass is 255 g/mol. The molecule has 1 fully saturated rings. The van der Waals surface area contributed by atoms with Gasteiger partial charge in [-0.1, -0.05) is 0 Å². The lowest BCUT2D eigenvalue weighted by atomic mass is 10.2. The summed E-state index contributed by atoms with van der Waals surface area (Å²) < 4.78 is 31.6. The van der Waals surface area contributed by atoms with Crippen LogP contribution in [0.25, 0.3) is 0 Å². The van der Waals surface area contributed by atoms with Gasteiger partial charge in [0.25, 0.3) is 0 Å². The van der Waals surface area contributed by atoms with E-state index in [-0.39, 0.29) is 17.8 Å². The zero-order valence-corrected chi connectivity index (χ0v) is 9.83. The molecular formula is C12H15F2N3O. The molecule has 98 valence electrons. The lowest BCUT2D eigenvalue weighted by molar-refractivity contribution is 0.118. The second kappa shape index (κ2) is 5.77. The number of hydrogen-bond donors (Lipinski definition) is 2. The van der Waals surface area contributed by atoms with Gasteiger partial charge in [0.15, 0.2) is 5.96 Å². The van der Waals surface area contributed by atoms with Crippen molar-refractivity contribution in [2.24, 2.45) is 10.7 Å². The predicted molar refractivity (Wildman–Crippen MR) is 65.4 cm³/mol. The molecule has 18 heavy (non-hydrogen) atoms. The molecule has 3 N–H and O–H groups in total. The maximum atomic E-state index is 13.3. The van der Waals surface area contributed by atoms with Gasteiger partial charge in [0.05, 0.1) is 18.3 Å². The van der Waals surface area contributed by atoms with E-state index in [4.69, 9.17) is 10.5 Å². The highest BCUT2D eigenvalue weighted by Gasteiger charge is 2.14. The fourth-order valence-electron chi connectivity index (χ4n) is 1.76. The Morgan fingerprint density at radius 2 is 2.33 bits per heavy atom. The maximum Gasteiger partial charge on any atom is 0.193 e. The molecule has 1 atom stereocenters. The van der Waals surface area contributed by atoms with Crippen LogP contribution >= 0.6 is 0 Å². The van der Waals surface area contributed by atoms with E-state index in [0.717, 1.165) is 37.6 Å². The minimum Gasteiger partial charge on any atom is -0.376 e. The van der Waals surface area contributed by atoms with Gasteiger partial charge < -0.3 is 15.8 Å². The van der Waals surface area contributed by atoms with Crippen molar-refractivity contribution in [1.82, 2.24) is 0 Å². The molecule has 4 nitrogen and oxygen atoms in total. The molecule has 1 aliphatic rings. The first-order valence-electron chi connectivity index (χ1n) is 5.79. The first-order chi connectivity index (χ1) is 8.65. The number of hydrogen-bond acceptors (Lipinski definition) is 2. The van der Waals surface area contributed by atoms with Crippen LogP contribution in [0.15, 0.2) is 23.2 Å². The first kappa shape index (κ1) is 12.8. The largest absolute Gasteiger partial charge is 0.376 e. The summed E-state index contributed by atoms with van der Waals surface area (Å²) in [5.41, 5.74) is 5.57. The van der Waals surface area contributed by atoms with Crippen LogP contribution in [0.2, 0.25) is 0 Å². The molecule has 1 aromatic rings. The fraction of sp³-hybridized carbons (Fsp3) is 0.417. The first-order valence-corrected chi connectivity index (χ1v) is 5.79. The van der Waals surface area contributed by atoms with Crippen molar-refractivity contribution in [2.75, 3.05) is 18.5 Å². The standard InChI is InChI=1S/C12H15F2N3O/c13-8-3-4-10(14)11(6-8)17-12(15)16-7-9-2-1-5-18-9/h3-4,6,9H,1-2,5,7H2,(H3,15,16,17)/t9-/m1/s1. The van der Waals surface area contributed by atoms with Crippen LogP contribution in [0.1, 0.15) is 12.8 Å². The number of guanidine groups is 1. The predicted octanol–water partition coefficient (Wildman–Crippen LogP) is 1.87. The molecule has 0 amide bonds. The molecule has 6 heteroatoms. The summed E-state index contributed by atoms with van der Waals surface area (Å²) in [5, 5.41) is 2.53. The highest BCUT2D eigenvalue weighted by atomic mass is 19.1. The number of ether oxygens (including phenoxy) is 1. The summed E-state index contributed by atoms with van der Waals surface area (Å²) in [5.74, 6) is -1.06. The van der Waals surface area contributed by atoms with Crippen LogP contribution in [-0.4, -0.2) is 25.2 Å². The van der Waals surface area contributed by atoms with Crippen LogP contribution in [0.5, 0.6) is 0 Å². The third-order valence-corrected chi connectivity index (χ3v) is 2.68. The third-order valence-electron chi connectivity index (χ3n) is 2.68. The summed E-state index contributed by atoms with van der Waals surface area (Å²) in [4.78, 5) is 4.04. The van der Waals surface area contributed by atoms with Crippen LogP contribution in [-0.2, 0) is 4.74 Å². The van der Waals surface area contributed by atoms with E-state index in [2.05, 4.69) is 10.3 Å². The molecule has 1 heterocycles. The number of nitrogens with two attached hydrogens (primary N) is 1. The van der Waals surface area contributed by atoms with E-state index in [9.17, 15) is 8.78 Å². The van der Waals surface area contributed by atoms with E-state index in [1.807, 2.05) is 0 Å². The van der Waals surface area contributed by atoms with E-state index in [0.29, 0.717) is 6.54 Å². The molecule has 0 saturated carbocycles. The molecule has 0 aliphatic carbocycles. The highest BCUT2D eigenvalue weighted by molar-refractivity contribution is 5.92. The number of aliphatic imine (C=N–C) groups is 1. The normalized spacial score (nSPS) is 20.1. The summed E-state index contributed by atoms with van der Waals surface area (Å²) >= 11 is 0. The maximum absolute atomic E-state index is 13.3. The molecule has 0 spiro atoms. The lowest BCUT2D eigenvalue weighted by Gasteiger charge is -2.09. The topological polar surface area (TPSA) is 59.6 Å². The van der Waals surface area contributed by atoms with Crippen molar-refractivity contribution in [1.29, 1.82) is 0 Å².